The van der Waals surface area contributed by atoms with Gasteiger partial charge in [0.1, 0.15) is 17.3 Å². The minimum Gasteiger partial charge on any atom is -0.496 e. The van der Waals surface area contributed by atoms with Gasteiger partial charge in [-0.15, -0.1) is 0 Å². The molecule has 0 spiro atoms. The van der Waals surface area contributed by atoms with Crippen molar-refractivity contribution in [1.29, 1.82) is 0 Å². The van der Waals surface area contributed by atoms with Gasteiger partial charge in [-0.2, -0.15) is 0 Å². The van der Waals surface area contributed by atoms with Gasteiger partial charge >= 0.3 is 0 Å². The summed E-state index contributed by atoms with van der Waals surface area (Å²) in [5.41, 5.74) is 5.56. The molecule has 0 saturated carbocycles. The average molecular weight is 440 g/mol. The summed E-state index contributed by atoms with van der Waals surface area (Å²) in [6.07, 6.45) is 4.01. The predicted molar refractivity (Wildman–Crippen MR) is 111 cm³/mol. The molecule has 0 aliphatic carbocycles. The Morgan fingerprint density at radius 1 is 1.00 bits per heavy atom. The van der Waals surface area contributed by atoms with E-state index in [9.17, 15) is 18.0 Å². The largest absolute Gasteiger partial charge is 0.496 e. The summed E-state index contributed by atoms with van der Waals surface area (Å²) in [7, 11) is 1.38. The second-order valence-corrected chi connectivity index (χ2v) is 6.60. The normalized spacial score (nSPS) is 10.8. The lowest BCUT2D eigenvalue weighted by molar-refractivity contribution is 0.102. The first-order valence-electron chi connectivity index (χ1n) is 9.17. The molecular weight excluding hydrogens is 425 g/mol. The Balaban J connectivity index is 1.64. The number of amides is 1. The third-order valence-electron chi connectivity index (χ3n) is 4.53. The molecule has 0 unspecified atom stereocenters. The van der Waals surface area contributed by atoms with E-state index in [-0.39, 0.29) is 39.3 Å². The monoisotopic (exact) mass is 440 g/mol. The lowest BCUT2D eigenvalue weighted by Crippen LogP contribution is -2.14. The van der Waals surface area contributed by atoms with Crippen molar-refractivity contribution in [3.63, 3.8) is 0 Å². The molecule has 32 heavy (non-hydrogen) atoms. The highest BCUT2D eigenvalue weighted by Crippen LogP contribution is 2.35. The van der Waals surface area contributed by atoms with Crippen LogP contribution in [0.1, 0.15) is 10.4 Å². The zero-order valence-corrected chi connectivity index (χ0v) is 16.5. The number of nitrogens with two attached hydrogens (primary N) is 1. The third kappa shape index (κ3) is 3.97. The summed E-state index contributed by atoms with van der Waals surface area (Å²) in [5.74, 6) is -3.92. The molecule has 0 atom stereocenters. The molecule has 3 N–H and O–H groups in total. The fourth-order valence-corrected chi connectivity index (χ4v) is 3.02. The van der Waals surface area contributed by atoms with E-state index in [2.05, 4.69) is 15.3 Å². The van der Waals surface area contributed by atoms with Gasteiger partial charge in [0.15, 0.2) is 17.4 Å². The van der Waals surface area contributed by atoms with Crippen molar-refractivity contribution in [3.05, 3.63) is 78.0 Å². The molecule has 4 aromatic rings. The van der Waals surface area contributed by atoms with Crippen molar-refractivity contribution in [2.75, 3.05) is 18.2 Å². The fourth-order valence-electron chi connectivity index (χ4n) is 3.02. The van der Waals surface area contributed by atoms with E-state index >= 15 is 0 Å². The Bertz CT molecular complexity index is 1320. The number of benzene rings is 2. The molecule has 2 heterocycles. The zero-order chi connectivity index (χ0) is 22.8. The first-order chi connectivity index (χ1) is 15.4. The maximum absolute atomic E-state index is 14.7. The number of nitrogens with zero attached hydrogens (tertiary/aromatic N) is 2. The van der Waals surface area contributed by atoms with Crippen LogP contribution in [0.25, 0.3) is 10.9 Å². The maximum Gasteiger partial charge on any atom is 0.261 e. The highest BCUT2D eigenvalue weighted by atomic mass is 19.1. The quantitative estimate of drug-likeness (QED) is 0.437. The summed E-state index contributed by atoms with van der Waals surface area (Å²) in [5, 5.41) is 2.66. The Morgan fingerprint density at radius 3 is 2.44 bits per heavy atom. The van der Waals surface area contributed by atoms with Crippen LogP contribution < -0.4 is 20.5 Å². The van der Waals surface area contributed by atoms with Crippen LogP contribution in [0.15, 0.2) is 55.0 Å². The van der Waals surface area contributed by atoms with Gasteiger partial charge in [-0.25, -0.2) is 13.2 Å². The van der Waals surface area contributed by atoms with Crippen LogP contribution in [0.5, 0.6) is 17.2 Å². The van der Waals surface area contributed by atoms with Gasteiger partial charge in [0.2, 0.25) is 0 Å². The van der Waals surface area contributed by atoms with Crippen LogP contribution in [-0.4, -0.2) is 23.0 Å². The number of carbonyl (C=O) groups is 1. The minimum atomic E-state index is -1.07. The number of hydrogen-bond donors (Lipinski definition) is 2. The van der Waals surface area contributed by atoms with E-state index in [0.29, 0.717) is 0 Å². The molecule has 0 radical (unpaired) electrons. The van der Waals surface area contributed by atoms with Crippen LogP contribution >= 0.6 is 0 Å². The van der Waals surface area contributed by atoms with Crippen molar-refractivity contribution >= 4 is 28.2 Å². The summed E-state index contributed by atoms with van der Waals surface area (Å²) in [6, 6.07) is 7.00. The van der Waals surface area contributed by atoms with Gasteiger partial charge in [-0.1, -0.05) is 0 Å². The van der Waals surface area contributed by atoms with Crippen molar-refractivity contribution in [2.45, 2.75) is 0 Å². The van der Waals surface area contributed by atoms with Crippen LogP contribution in [-0.2, 0) is 0 Å². The van der Waals surface area contributed by atoms with E-state index in [1.165, 1.54) is 43.9 Å². The number of aromatic nitrogens is 2. The lowest BCUT2D eigenvalue weighted by atomic mass is 10.1. The first kappa shape index (κ1) is 20.9. The highest BCUT2D eigenvalue weighted by molar-refractivity contribution is 6.06. The van der Waals surface area contributed by atoms with Gasteiger partial charge in [-0.3, -0.25) is 14.8 Å². The number of carbonyl (C=O) groups excluding carboxylic acids is 1. The van der Waals surface area contributed by atoms with Crippen molar-refractivity contribution in [2.24, 2.45) is 0 Å². The zero-order valence-electron chi connectivity index (χ0n) is 16.5. The fraction of sp³-hybridized carbons (Fsp3) is 0.0455. The van der Waals surface area contributed by atoms with Gasteiger partial charge in [0.25, 0.3) is 5.91 Å². The van der Waals surface area contributed by atoms with Crippen molar-refractivity contribution in [3.8, 4) is 17.2 Å². The molecule has 0 aliphatic heterocycles. The molecule has 2 aromatic carbocycles. The molecule has 0 saturated heterocycles. The van der Waals surface area contributed by atoms with Gasteiger partial charge < -0.3 is 20.5 Å². The van der Waals surface area contributed by atoms with Crippen molar-refractivity contribution in [1.82, 2.24) is 9.97 Å². The number of nitrogens with one attached hydrogen (secondary N) is 1. The Kier molecular flexibility index (Phi) is 5.50. The highest BCUT2D eigenvalue weighted by Gasteiger charge is 2.19. The van der Waals surface area contributed by atoms with Crippen LogP contribution in [0.3, 0.4) is 0 Å². The number of halogens is 3. The lowest BCUT2D eigenvalue weighted by Gasteiger charge is -2.13. The van der Waals surface area contributed by atoms with Gasteiger partial charge in [-0.05, 0) is 18.2 Å². The SMILES string of the molecule is COc1ccncc1C(=O)Nc1cc(F)c(Oc2ccnc3cc(F)c(N)cc23)c(F)c1. The van der Waals surface area contributed by atoms with Gasteiger partial charge in [0.05, 0.1) is 23.9 Å². The predicted octanol–water partition coefficient (Wildman–Crippen LogP) is 4.68. The second kappa shape index (κ2) is 8.42. The third-order valence-corrected chi connectivity index (χ3v) is 4.53. The number of methoxy groups -OCH3 is 1. The van der Waals surface area contributed by atoms with Crippen molar-refractivity contribution < 1.29 is 27.4 Å². The number of anilines is 2. The Labute approximate surface area is 179 Å². The molecule has 4 rings (SSSR count). The first-order valence-corrected chi connectivity index (χ1v) is 9.17. The van der Waals surface area contributed by atoms with Crippen LogP contribution in [0, 0.1) is 17.5 Å². The second-order valence-electron chi connectivity index (χ2n) is 6.60. The number of pyridine rings is 2. The molecule has 162 valence electrons. The molecule has 7 nitrogen and oxygen atoms in total. The van der Waals surface area contributed by atoms with E-state index in [1.807, 2.05) is 0 Å². The number of fused-ring (bicyclic) bond motifs is 1. The number of nitrogen functional groups attached to an aromatic ring is 1. The Hall–Kier alpha value is -4.34. The topological polar surface area (TPSA) is 99.4 Å². The van der Waals surface area contributed by atoms with E-state index in [0.717, 1.165) is 18.2 Å². The summed E-state index contributed by atoms with van der Waals surface area (Å²) in [4.78, 5) is 20.3. The standard InChI is InChI=1S/C22H15F3N4O3/c1-31-19-2-4-27-10-13(19)22(30)29-11-6-15(24)21(16(25)7-11)32-20-3-5-28-18-9-14(23)17(26)8-12(18)20/h2-10H,26H2,1H3,(H,29,30). The number of ether oxygens (including phenoxy) is 2. The number of hydrogen-bond acceptors (Lipinski definition) is 6. The van der Waals surface area contributed by atoms with E-state index in [4.69, 9.17) is 15.2 Å². The Morgan fingerprint density at radius 2 is 1.72 bits per heavy atom. The maximum atomic E-state index is 14.7. The average Bonchev–Trinajstić information content (AvgIpc) is 2.77. The molecule has 0 bridgehead atoms. The summed E-state index contributed by atoms with van der Waals surface area (Å²) >= 11 is 0. The molecule has 1 amide bonds. The van der Waals surface area contributed by atoms with Crippen LogP contribution in [0.2, 0.25) is 0 Å². The molecular formula is C22H15F3N4O3. The van der Waals surface area contributed by atoms with E-state index < -0.39 is 29.1 Å². The number of rotatable bonds is 5. The van der Waals surface area contributed by atoms with Crippen LogP contribution in [0.4, 0.5) is 24.5 Å². The molecule has 0 aliphatic rings. The molecule has 10 heteroatoms. The minimum absolute atomic E-state index is 0.0244. The summed E-state index contributed by atoms with van der Waals surface area (Å²) < 4.78 is 53.6. The smallest absolute Gasteiger partial charge is 0.261 e. The molecule has 0 fully saturated rings. The van der Waals surface area contributed by atoms with E-state index in [1.54, 1.807) is 0 Å². The van der Waals surface area contributed by atoms with Gasteiger partial charge in [0, 0.05) is 47.9 Å². The molecule has 2 aromatic heterocycles. The summed E-state index contributed by atoms with van der Waals surface area (Å²) in [6.45, 7) is 0.